The summed E-state index contributed by atoms with van der Waals surface area (Å²) in [5.74, 6) is -0.844. The molecule has 1 atom stereocenters. The monoisotopic (exact) mass is 398 g/mol. The Kier molecular flexibility index (Phi) is 5.01. The van der Waals surface area contributed by atoms with E-state index in [9.17, 15) is 4.79 Å². The van der Waals surface area contributed by atoms with E-state index in [2.05, 4.69) is 20.8 Å². The van der Waals surface area contributed by atoms with Crippen LogP contribution in [0.3, 0.4) is 0 Å². The number of carbonyl (C=O) groups is 1. The van der Waals surface area contributed by atoms with Gasteiger partial charge in [-0.15, -0.1) is 0 Å². The molecule has 1 fully saturated rings. The zero-order valence-electron chi connectivity index (χ0n) is 16.7. The van der Waals surface area contributed by atoms with E-state index >= 15 is 0 Å². The summed E-state index contributed by atoms with van der Waals surface area (Å²) in [4.78, 5) is 12.6. The molecule has 1 aliphatic carbocycles. The van der Waals surface area contributed by atoms with Gasteiger partial charge in [-0.3, -0.25) is 0 Å². The fourth-order valence-electron chi connectivity index (χ4n) is 4.51. The lowest BCUT2D eigenvalue weighted by atomic mass is 9.72. The molecule has 2 aliphatic rings. The average Bonchev–Trinajstić information content (AvgIpc) is 2.95. The van der Waals surface area contributed by atoms with E-state index in [1.165, 1.54) is 0 Å². The molecule has 2 aromatic carbocycles. The van der Waals surface area contributed by atoms with Crippen molar-refractivity contribution in [2.24, 2.45) is 11.3 Å². The van der Waals surface area contributed by atoms with Crippen LogP contribution in [0, 0.1) is 11.3 Å². The van der Waals surface area contributed by atoms with Crippen LogP contribution in [0.15, 0.2) is 48.5 Å². The third kappa shape index (κ3) is 3.46. The molecule has 0 saturated heterocycles. The number of esters is 1. The van der Waals surface area contributed by atoms with Crippen molar-refractivity contribution < 1.29 is 14.3 Å². The molecule has 0 N–H and O–H groups in total. The number of hydrogen-bond donors (Lipinski definition) is 0. The van der Waals surface area contributed by atoms with Crippen molar-refractivity contribution in [3.05, 3.63) is 70.2 Å². The van der Waals surface area contributed by atoms with E-state index in [1.807, 2.05) is 42.5 Å². The van der Waals surface area contributed by atoms with Crippen LogP contribution in [-0.4, -0.2) is 12.1 Å². The highest BCUT2D eigenvalue weighted by atomic mass is 35.5. The Morgan fingerprint density at radius 3 is 2.29 bits per heavy atom. The largest absolute Gasteiger partial charge is 0.420 e. The lowest BCUT2D eigenvalue weighted by Gasteiger charge is -2.40. The molecule has 1 unspecified atom stereocenters. The van der Waals surface area contributed by atoms with Crippen LogP contribution in [0.4, 0.5) is 0 Å². The molecule has 1 saturated carbocycles. The van der Waals surface area contributed by atoms with Gasteiger partial charge < -0.3 is 9.47 Å². The number of cyclic esters (lactones) is 1. The summed E-state index contributed by atoms with van der Waals surface area (Å²) < 4.78 is 12.6. The van der Waals surface area contributed by atoms with Crippen LogP contribution >= 0.6 is 11.6 Å². The zero-order valence-corrected chi connectivity index (χ0v) is 17.5. The standard InChI is InChI=1S/C24H27ClO3/c1-23(2,3)16-10-14-19(15-11-16)27-24(17-8-12-18(25)13-9-17)21-7-5-4-6-20(21)22(26)28-24/h4-9,12-13,16,19H,10-11,14-15H2,1-3H3. The van der Waals surface area contributed by atoms with Crippen molar-refractivity contribution in [3.63, 3.8) is 0 Å². The maximum Gasteiger partial charge on any atom is 0.341 e. The maximum atomic E-state index is 12.6. The number of benzene rings is 2. The molecular formula is C24H27ClO3. The lowest BCUT2D eigenvalue weighted by Crippen LogP contribution is -2.38. The summed E-state index contributed by atoms with van der Waals surface area (Å²) in [6.07, 6.45) is 4.24. The Balaban J connectivity index is 1.67. The van der Waals surface area contributed by atoms with E-state index < -0.39 is 5.79 Å². The van der Waals surface area contributed by atoms with Gasteiger partial charge in [-0.1, -0.05) is 62.7 Å². The molecule has 2 aromatic rings. The molecule has 28 heavy (non-hydrogen) atoms. The minimum absolute atomic E-state index is 0.0493. The minimum Gasteiger partial charge on any atom is -0.420 e. The van der Waals surface area contributed by atoms with Crippen LogP contribution in [0.2, 0.25) is 5.02 Å². The topological polar surface area (TPSA) is 35.5 Å². The Bertz CT molecular complexity index is 860. The molecule has 4 heteroatoms. The minimum atomic E-state index is -1.20. The molecular weight excluding hydrogens is 372 g/mol. The third-order valence-electron chi connectivity index (χ3n) is 6.19. The molecule has 0 radical (unpaired) electrons. The molecule has 1 heterocycles. The van der Waals surface area contributed by atoms with Crippen molar-refractivity contribution in [3.8, 4) is 0 Å². The highest BCUT2D eigenvalue weighted by Crippen LogP contribution is 2.47. The van der Waals surface area contributed by atoms with Gasteiger partial charge in [-0.05, 0) is 55.2 Å². The first-order chi connectivity index (χ1) is 13.3. The van der Waals surface area contributed by atoms with Gasteiger partial charge in [0.15, 0.2) is 0 Å². The van der Waals surface area contributed by atoms with E-state index in [0.717, 1.165) is 36.8 Å². The van der Waals surface area contributed by atoms with E-state index in [4.69, 9.17) is 21.1 Å². The first-order valence-electron chi connectivity index (χ1n) is 10.1. The molecule has 148 valence electrons. The van der Waals surface area contributed by atoms with E-state index in [-0.39, 0.29) is 12.1 Å². The molecule has 4 rings (SSSR count). The summed E-state index contributed by atoms with van der Waals surface area (Å²) in [6, 6.07) is 14.9. The summed E-state index contributed by atoms with van der Waals surface area (Å²) in [5, 5.41) is 0.641. The molecule has 0 aromatic heterocycles. The van der Waals surface area contributed by atoms with Gasteiger partial charge in [-0.2, -0.15) is 0 Å². The van der Waals surface area contributed by atoms with Crippen LogP contribution in [0.5, 0.6) is 0 Å². The van der Waals surface area contributed by atoms with Gasteiger partial charge in [0.2, 0.25) is 0 Å². The second kappa shape index (κ2) is 7.20. The SMILES string of the molecule is CC(C)(C)C1CCC(OC2(c3ccc(Cl)cc3)OC(=O)c3ccccc32)CC1. The fourth-order valence-corrected chi connectivity index (χ4v) is 4.64. The number of fused-ring (bicyclic) bond motifs is 1. The maximum absolute atomic E-state index is 12.6. The summed E-state index contributed by atoms with van der Waals surface area (Å²) in [5.41, 5.74) is 2.46. The Hall–Kier alpha value is -1.84. The van der Waals surface area contributed by atoms with Crippen molar-refractivity contribution in [2.75, 3.05) is 0 Å². The van der Waals surface area contributed by atoms with Gasteiger partial charge >= 0.3 is 5.97 Å². The number of hydrogen-bond acceptors (Lipinski definition) is 3. The highest BCUT2D eigenvalue weighted by Gasteiger charge is 2.50. The Labute approximate surface area is 172 Å². The Morgan fingerprint density at radius 2 is 1.64 bits per heavy atom. The van der Waals surface area contributed by atoms with Crippen LogP contribution in [0.1, 0.15) is 67.9 Å². The van der Waals surface area contributed by atoms with Gasteiger partial charge in [0.25, 0.3) is 5.79 Å². The number of halogens is 1. The quantitative estimate of drug-likeness (QED) is 0.566. The summed E-state index contributed by atoms with van der Waals surface area (Å²) in [7, 11) is 0. The van der Waals surface area contributed by atoms with Gasteiger partial charge in [0, 0.05) is 16.1 Å². The smallest absolute Gasteiger partial charge is 0.341 e. The zero-order chi connectivity index (χ0) is 19.9. The van der Waals surface area contributed by atoms with Gasteiger partial charge in [-0.25, -0.2) is 4.79 Å². The molecule has 3 nitrogen and oxygen atoms in total. The van der Waals surface area contributed by atoms with Crippen LogP contribution in [-0.2, 0) is 15.3 Å². The average molecular weight is 399 g/mol. The summed E-state index contributed by atoms with van der Waals surface area (Å²) in [6.45, 7) is 6.93. The number of ether oxygens (including phenoxy) is 2. The molecule has 0 spiro atoms. The third-order valence-corrected chi connectivity index (χ3v) is 6.45. The fraction of sp³-hybridized carbons (Fsp3) is 0.458. The number of carbonyl (C=O) groups excluding carboxylic acids is 1. The normalized spacial score (nSPS) is 27.4. The second-order valence-electron chi connectivity index (χ2n) is 9.02. The molecule has 1 aliphatic heterocycles. The molecule has 0 amide bonds. The van der Waals surface area contributed by atoms with Crippen molar-refractivity contribution in [1.29, 1.82) is 0 Å². The van der Waals surface area contributed by atoms with Crippen molar-refractivity contribution in [2.45, 2.75) is 58.3 Å². The highest BCUT2D eigenvalue weighted by molar-refractivity contribution is 6.30. The van der Waals surface area contributed by atoms with Crippen LogP contribution < -0.4 is 0 Å². The van der Waals surface area contributed by atoms with Crippen molar-refractivity contribution in [1.82, 2.24) is 0 Å². The van der Waals surface area contributed by atoms with E-state index in [1.54, 1.807) is 6.07 Å². The van der Waals surface area contributed by atoms with Gasteiger partial charge in [0.1, 0.15) is 0 Å². The number of rotatable bonds is 3. The predicted octanol–water partition coefficient (Wildman–Crippen LogP) is 6.33. The lowest BCUT2D eigenvalue weighted by molar-refractivity contribution is -0.211. The second-order valence-corrected chi connectivity index (χ2v) is 9.45. The van der Waals surface area contributed by atoms with E-state index in [0.29, 0.717) is 21.9 Å². The summed E-state index contributed by atoms with van der Waals surface area (Å²) >= 11 is 6.09. The van der Waals surface area contributed by atoms with Crippen LogP contribution in [0.25, 0.3) is 0 Å². The first kappa shape index (κ1) is 19.5. The van der Waals surface area contributed by atoms with Gasteiger partial charge in [0.05, 0.1) is 11.7 Å². The van der Waals surface area contributed by atoms with Crippen molar-refractivity contribution >= 4 is 17.6 Å². The first-order valence-corrected chi connectivity index (χ1v) is 10.4. The predicted molar refractivity (Wildman–Crippen MR) is 110 cm³/mol. The Morgan fingerprint density at radius 1 is 1.00 bits per heavy atom. The molecule has 0 bridgehead atoms.